The molecule has 3 rings (SSSR count). The summed E-state index contributed by atoms with van der Waals surface area (Å²) in [5, 5.41) is 11.2. The molecular weight excluding hydrogens is 288 g/mol. The minimum Gasteiger partial charge on any atom is -0.355 e. The highest BCUT2D eigenvalue weighted by Gasteiger charge is 2.23. The van der Waals surface area contributed by atoms with Crippen LogP contribution in [0.1, 0.15) is 30.8 Å². The van der Waals surface area contributed by atoms with Gasteiger partial charge >= 0.3 is 0 Å². The monoisotopic (exact) mass is 310 g/mol. The molecule has 2 aromatic rings. The Morgan fingerprint density at radius 2 is 1.74 bits per heavy atom. The summed E-state index contributed by atoms with van der Waals surface area (Å²) in [6.07, 6.45) is 1.25. The number of carbonyl (C=O) groups excluding carboxylic acids is 1. The van der Waals surface area contributed by atoms with Gasteiger partial charge in [-0.25, -0.2) is 0 Å². The number of rotatable bonds is 3. The zero-order valence-electron chi connectivity index (χ0n) is 13.6. The first-order chi connectivity index (χ1) is 11.1. The molecule has 1 amide bonds. The van der Waals surface area contributed by atoms with Crippen molar-refractivity contribution in [1.29, 1.82) is 0 Å². The quantitative estimate of drug-likeness (QED) is 0.945. The van der Waals surface area contributed by atoms with Crippen molar-refractivity contribution in [3.63, 3.8) is 0 Å². The lowest BCUT2D eigenvalue weighted by molar-refractivity contribution is 0.102. The Labute approximate surface area is 136 Å². The van der Waals surface area contributed by atoms with Crippen LogP contribution in [0.3, 0.4) is 0 Å². The average Bonchev–Trinajstić information content (AvgIpc) is 2.55. The molecule has 1 saturated heterocycles. The second-order valence-corrected chi connectivity index (χ2v) is 6.45. The highest BCUT2D eigenvalue weighted by Crippen LogP contribution is 2.24. The van der Waals surface area contributed by atoms with Crippen molar-refractivity contribution in [2.45, 2.75) is 20.3 Å². The first kappa shape index (κ1) is 15.5. The van der Waals surface area contributed by atoms with Crippen LogP contribution in [-0.2, 0) is 0 Å². The molecular formula is C18H22N4O. The summed E-state index contributed by atoms with van der Waals surface area (Å²) < 4.78 is 0. The highest BCUT2D eigenvalue weighted by molar-refractivity contribution is 6.02. The number of nitrogens with one attached hydrogen (secondary N) is 1. The Hall–Kier alpha value is -2.43. The van der Waals surface area contributed by atoms with Gasteiger partial charge < -0.3 is 10.2 Å². The molecule has 0 aliphatic carbocycles. The van der Waals surface area contributed by atoms with Gasteiger partial charge in [0.2, 0.25) is 0 Å². The van der Waals surface area contributed by atoms with Crippen LogP contribution in [0.4, 0.5) is 11.5 Å². The Morgan fingerprint density at radius 3 is 2.35 bits per heavy atom. The van der Waals surface area contributed by atoms with Crippen LogP contribution in [-0.4, -0.2) is 29.2 Å². The van der Waals surface area contributed by atoms with Crippen molar-refractivity contribution in [2.75, 3.05) is 23.3 Å². The summed E-state index contributed by atoms with van der Waals surface area (Å²) in [7, 11) is 0. The second-order valence-electron chi connectivity index (χ2n) is 6.45. The molecule has 0 saturated carbocycles. The fourth-order valence-corrected chi connectivity index (χ4v) is 3.18. The van der Waals surface area contributed by atoms with Crippen LogP contribution < -0.4 is 10.2 Å². The zero-order chi connectivity index (χ0) is 16.2. The van der Waals surface area contributed by atoms with E-state index in [1.165, 1.54) is 6.42 Å². The third-order valence-electron chi connectivity index (χ3n) is 4.11. The van der Waals surface area contributed by atoms with Gasteiger partial charge in [-0.05, 0) is 42.5 Å². The molecule has 1 aliphatic rings. The second kappa shape index (κ2) is 6.77. The SMILES string of the molecule is CC1CC(C)CN(c2ccc(C(=O)Nc3ccccc3)nn2)C1. The first-order valence-electron chi connectivity index (χ1n) is 8.07. The van der Waals surface area contributed by atoms with Gasteiger partial charge in [0.25, 0.3) is 5.91 Å². The van der Waals surface area contributed by atoms with Gasteiger partial charge in [0.1, 0.15) is 0 Å². The normalized spacial score (nSPS) is 21.0. The standard InChI is InChI=1S/C18H22N4O/c1-13-10-14(2)12-22(11-13)17-9-8-16(20-21-17)18(23)19-15-6-4-3-5-7-15/h3-9,13-14H,10-12H2,1-2H3,(H,19,23). The molecule has 1 aromatic heterocycles. The Morgan fingerprint density at radius 1 is 1.04 bits per heavy atom. The van der Waals surface area contributed by atoms with Crippen LogP contribution in [0.5, 0.6) is 0 Å². The molecule has 23 heavy (non-hydrogen) atoms. The number of nitrogens with zero attached hydrogens (tertiary/aromatic N) is 3. The van der Waals surface area contributed by atoms with E-state index in [2.05, 4.69) is 34.3 Å². The summed E-state index contributed by atoms with van der Waals surface area (Å²) in [5.74, 6) is 1.92. The lowest BCUT2D eigenvalue weighted by atomic mass is 9.92. The van der Waals surface area contributed by atoms with Crippen molar-refractivity contribution >= 4 is 17.4 Å². The summed E-state index contributed by atoms with van der Waals surface area (Å²) in [5.41, 5.74) is 1.08. The maximum Gasteiger partial charge on any atom is 0.276 e. The molecule has 120 valence electrons. The van der Waals surface area contributed by atoms with Gasteiger partial charge in [-0.3, -0.25) is 4.79 Å². The fraction of sp³-hybridized carbons (Fsp3) is 0.389. The zero-order valence-corrected chi connectivity index (χ0v) is 13.6. The molecule has 1 aliphatic heterocycles. The maximum atomic E-state index is 12.2. The van der Waals surface area contributed by atoms with E-state index >= 15 is 0 Å². The van der Waals surface area contributed by atoms with E-state index in [1.54, 1.807) is 6.07 Å². The van der Waals surface area contributed by atoms with Gasteiger partial charge in [-0.1, -0.05) is 32.0 Å². The Balaban J connectivity index is 1.68. The predicted molar refractivity (Wildman–Crippen MR) is 91.6 cm³/mol. The maximum absolute atomic E-state index is 12.2. The molecule has 5 nitrogen and oxygen atoms in total. The minimum atomic E-state index is -0.240. The van der Waals surface area contributed by atoms with Crippen LogP contribution >= 0.6 is 0 Å². The summed E-state index contributed by atoms with van der Waals surface area (Å²) in [4.78, 5) is 14.4. The molecule has 0 bridgehead atoms. The molecule has 1 aromatic carbocycles. The molecule has 2 heterocycles. The van der Waals surface area contributed by atoms with Crippen molar-refractivity contribution in [2.24, 2.45) is 11.8 Å². The van der Waals surface area contributed by atoms with E-state index in [-0.39, 0.29) is 5.91 Å². The third-order valence-corrected chi connectivity index (χ3v) is 4.11. The lowest BCUT2D eigenvalue weighted by Gasteiger charge is -2.35. The van der Waals surface area contributed by atoms with Gasteiger partial charge in [-0.15, -0.1) is 10.2 Å². The predicted octanol–water partition coefficient (Wildman–Crippen LogP) is 3.21. The molecule has 5 heteroatoms. The smallest absolute Gasteiger partial charge is 0.276 e. The van der Waals surface area contributed by atoms with Crippen LogP contribution in [0.25, 0.3) is 0 Å². The van der Waals surface area contributed by atoms with E-state index in [9.17, 15) is 4.79 Å². The number of piperidine rings is 1. The highest BCUT2D eigenvalue weighted by atomic mass is 16.1. The molecule has 2 atom stereocenters. The van der Waals surface area contributed by atoms with Gasteiger partial charge in [0, 0.05) is 18.8 Å². The van der Waals surface area contributed by atoms with Crippen molar-refractivity contribution in [1.82, 2.24) is 10.2 Å². The average molecular weight is 310 g/mol. The van der Waals surface area contributed by atoms with E-state index in [4.69, 9.17) is 0 Å². The third kappa shape index (κ3) is 3.86. The number of carbonyl (C=O) groups is 1. The number of aromatic nitrogens is 2. The van der Waals surface area contributed by atoms with E-state index in [0.29, 0.717) is 17.5 Å². The fourth-order valence-electron chi connectivity index (χ4n) is 3.18. The molecule has 0 radical (unpaired) electrons. The number of amides is 1. The number of hydrogen-bond donors (Lipinski definition) is 1. The number of hydrogen-bond acceptors (Lipinski definition) is 4. The van der Waals surface area contributed by atoms with Crippen LogP contribution in [0, 0.1) is 11.8 Å². The van der Waals surface area contributed by atoms with E-state index in [0.717, 1.165) is 24.6 Å². The summed E-state index contributed by atoms with van der Waals surface area (Å²) >= 11 is 0. The van der Waals surface area contributed by atoms with Gasteiger partial charge in [0.15, 0.2) is 11.5 Å². The summed E-state index contributed by atoms with van der Waals surface area (Å²) in [6, 6.07) is 13.0. The molecule has 2 unspecified atom stereocenters. The van der Waals surface area contributed by atoms with E-state index < -0.39 is 0 Å². The topological polar surface area (TPSA) is 58.1 Å². The van der Waals surface area contributed by atoms with E-state index in [1.807, 2.05) is 36.4 Å². The molecule has 0 spiro atoms. The minimum absolute atomic E-state index is 0.240. The largest absolute Gasteiger partial charge is 0.355 e. The van der Waals surface area contributed by atoms with Crippen molar-refractivity contribution in [3.05, 3.63) is 48.2 Å². The first-order valence-corrected chi connectivity index (χ1v) is 8.07. The van der Waals surface area contributed by atoms with Gasteiger partial charge in [0.05, 0.1) is 0 Å². The number of benzene rings is 1. The molecule has 1 N–H and O–H groups in total. The Bertz CT molecular complexity index is 646. The number of para-hydroxylation sites is 1. The van der Waals surface area contributed by atoms with Crippen molar-refractivity contribution < 1.29 is 4.79 Å². The number of anilines is 2. The van der Waals surface area contributed by atoms with Crippen molar-refractivity contribution in [3.8, 4) is 0 Å². The van der Waals surface area contributed by atoms with Crippen LogP contribution in [0.15, 0.2) is 42.5 Å². The molecule has 1 fully saturated rings. The Kier molecular flexibility index (Phi) is 4.55. The van der Waals surface area contributed by atoms with Crippen LogP contribution in [0.2, 0.25) is 0 Å². The van der Waals surface area contributed by atoms with Gasteiger partial charge in [-0.2, -0.15) is 0 Å². The lowest BCUT2D eigenvalue weighted by Crippen LogP contribution is -2.39. The summed E-state index contributed by atoms with van der Waals surface area (Å²) in [6.45, 7) is 6.51.